The van der Waals surface area contributed by atoms with E-state index in [2.05, 4.69) is 31.3 Å². The maximum atomic E-state index is 5.39. The molecule has 0 unspecified atom stereocenters. The molecule has 2 atom stereocenters. The van der Waals surface area contributed by atoms with Gasteiger partial charge in [0.25, 0.3) is 0 Å². The third kappa shape index (κ3) is 1.38. The van der Waals surface area contributed by atoms with Gasteiger partial charge < -0.3 is 5.73 Å². The summed E-state index contributed by atoms with van der Waals surface area (Å²) >= 11 is 4.77. The van der Waals surface area contributed by atoms with Gasteiger partial charge in [-0.15, -0.1) is 0 Å². The predicted molar refractivity (Wildman–Crippen MR) is 66.6 cm³/mol. The third-order valence-electron chi connectivity index (χ3n) is 4.81. The van der Waals surface area contributed by atoms with Gasteiger partial charge in [-0.25, -0.2) is 0 Å². The Morgan fingerprint density at radius 2 is 2.20 bits per heavy atom. The van der Waals surface area contributed by atoms with Gasteiger partial charge in [0.2, 0.25) is 0 Å². The lowest BCUT2D eigenvalue weighted by Crippen LogP contribution is -2.35. The van der Waals surface area contributed by atoms with Crippen LogP contribution in [0.2, 0.25) is 0 Å². The van der Waals surface area contributed by atoms with E-state index in [1.54, 1.807) is 0 Å². The first-order valence-electron chi connectivity index (χ1n) is 5.50. The van der Waals surface area contributed by atoms with Crippen LogP contribution in [-0.4, -0.2) is 10.8 Å². The smallest absolute Gasteiger partial charge is 0.184 e. The molecule has 0 saturated heterocycles. The Hall–Kier alpha value is -0.640. The number of nitrogens with one attached hydrogen (secondary N) is 1. The van der Waals surface area contributed by atoms with E-state index in [0.29, 0.717) is 5.41 Å². The first kappa shape index (κ1) is 10.9. The summed E-state index contributed by atoms with van der Waals surface area (Å²) in [5, 5.41) is 4.63. The molecule has 0 aromatic rings. The zero-order valence-corrected chi connectivity index (χ0v) is 10.4. The molecule has 0 radical (unpaired) electrons. The fourth-order valence-electron chi connectivity index (χ4n) is 3.22. The van der Waals surface area contributed by atoms with Crippen LogP contribution < -0.4 is 11.2 Å². The number of fused-ring (bicyclic) bond motifs is 2. The SMILES string of the molecule is CC1(C)[C@@H]2CC[C@@]1(C)/C(=N\NC(N)=S)C2. The van der Waals surface area contributed by atoms with Gasteiger partial charge in [0.15, 0.2) is 5.11 Å². The highest BCUT2D eigenvalue weighted by molar-refractivity contribution is 7.80. The van der Waals surface area contributed by atoms with E-state index in [9.17, 15) is 0 Å². The molecule has 0 spiro atoms. The maximum absolute atomic E-state index is 5.39. The van der Waals surface area contributed by atoms with Gasteiger partial charge in [0.05, 0.1) is 0 Å². The number of nitrogens with two attached hydrogens (primary N) is 1. The quantitative estimate of drug-likeness (QED) is 0.530. The maximum Gasteiger partial charge on any atom is 0.184 e. The summed E-state index contributed by atoms with van der Waals surface area (Å²) in [4.78, 5) is 0. The molecule has 0 heterocycles. The number of nitrogens with zero attached hydrogens (tertiary/aromatic N) is 1. The van der Waals surface area contributed by atoms with Crippen LogP contribution in [0, 0.1) is 16.7 Å². The lowest BCUT2D eigenvalue weighted by molar-refractivity contribution is 0.193. The van der Waals surface area contributed by atoms with E-state index in [-0.39, 0.29) is 10.5 Å². The highest BCUT2D eigenvalue weighted by Gasteiger charge is 2.59. The number of hydrogen-bond donors (Lipinski definition) is 2. The molecule has 0 aromatic heterocycles. The fraction of sp³-hybridized carbons (Fsp3) is 0.818. The van der Waals surface area contributed by atoms with Crippen LogP contribution >= 0.6 is 12.2 Å². The second kappa shape index (κ2) is 3.17. The number of hydrazone groups is 1. The van der Waals surface area contributed by atoms with Crippen LogP contribution in [0.4, 0.5) is 0 Å². The van der Waals surface area contributed by atoms with Crippen molar-refractivity contribution in [2.75, 3.05) is 0 Å². The van der Waals surface area contributed by atoms with Crippen molar-refractivity contribution in [2.24, 2.45) is 27.6 Å². The topological polar surface area (TPSA) is 50.4 Å². The summed E-state index contributed by atoms with van der Waals surface area (Å²) in [6, 6.07) is 0. The Morgan fingerprint density at radius 1 is 1.53 bits per heavy atom. The number of hydrogen-bond acceptors (Lipinski definition) is 2. The van der Waals surface area contributed by atoms with Gasteiger partial charge in [-0.1, -0.05) is 20.8 Å². The van der Waals surface area contributed by atoms with Gasteiger partial charge in [0.1, 0.15) is 0 Å². The van der Waals surface area contributed by atoms with Crippen molar-refractivity contribution in [3.05, 3.63) is 0 Å². The summed E-state index contributed by atoms with van der Waals surface area (Å²) in [6.07, 6.45) is 3.66. The second-order valence-electron chi connectivity index (χ2n) is 5.53. The van der Waals surface area contributed by atoms with Crippen LogP contribution in [0.15, 0.2) is 5.10 Å². The van der Waals surface area contributed by atoms with E-state index < -0.39 is 0 Å². The Bertz CT molecular complexity index is 335. The van der Waals surface area contributed by atoms with Gasteiger partial charge in [-0.3, -0.25) is 5.43 Å². The number of thiocarbonyl (C=S) groups is 1. The monoisotopic (exact) mass is 225 g/mol. The van der Waals surface area contributed by atoms with E-state index >= 15 is 0 Å². The molecule has 0 aliphatic heterocycles. The molecule has 2 aliphatic carbocycles. The highest BCUT2D eigenvalue weighted by Crippen LogP contribution is 2.63. The Kier molecular flexibility index (Phi) is 2.30. The van der Waals surface area contributed by atoms with E-state index in [4.69, 9.17) is 18.0 Å². The average Bonchev–Trinajstić information content (AvgIpc) is 2.46. The Balaban J connectivity index is 2.26. The first-order valence-corrected chi connectivity index (χ1v) is 5.91. The first-order chi connectivity index (χ1) is 6.88. The van der Waals surface area contributed by atoms with Crippen molar-refractivity contribution < 1.29 is 0 Å². The van der Waals surface area contributed by atoms with Gasteiger partial charge in [0, 0.05) is 11.1 Å². The lowest BCUT2D eigenvalue weighted by atomic mass is 9.70. The molecule has 0 amide bonds. The molecule has 2 saturated carbocycles. The molecule has 0 aromatic carbocycles. The minimum atomic E-state index is 0.232. The molecule has 2 aliphatic rings. The molecule has 2 fully saturated rings. The standard InChI is InChI=1S/C11H19N3S/c1-10(2)7-4-5-11(10,3)8(6-7)13-14-9(12)15/h7H,4-6H2,1-3H3,(H3,12,14,15)/b13-8-/t7-,11+/m1/s1. The molecule has 3 nitrogen and oxygen atoms in total. The van der Waals surface area contributed by atoms with Crippen LogP contribution in [0.1, 0.15) is 40.0 Å². The zero-order valence-electron chi connectivity index (χ0n) is 9.63. The number of rotatable bonds is 1. The molecule has 84 valence electrons. The van der Waals surface area contributed by atoms with Crippen molar-refractivity contribution in [3.8, 4) is 0 Å². The molecule has 15 heavy (non-hydrogen) atoms. The van der Waals surface area contributed by atoms with E-state index in [1.165, 1.54) is 18.6 Å². The second-order valence-corrected chi connectivity index (χ2v) is 5.97. The van der Waals surface area contributed by atoms with Crippen LogP contribution in [-0.2, 0) is 0 Å². The molecular formula is C11H19N3S. The van der Waals surface area contributed by atoms with Crippen molar-refractivity contribution in [2.45, 2.75) is 40.0 Å². The Morgan fingerprint density at radius 3 is 2.60 bits per heavy atom. The van der Waals surface area contributed by atoms with Crippen LogP contribution in [0.3, 0.4) is 0 Å². The zero-order chi connectivity index (χ0) is 11.3. The van der Waals surface area contributed by atoms with Crippen molar-refractivity contribution in [3.63, 3.8) is 0 Å². The van der Waals surface area contributed by atoms with Crippen molar-refractivity contribution in [1.29, 1.82) is 0 Å². The largest absolute Gasteiger partial charge is 0.375 e. The minimum absolute atomic E-state index is 0.232. The van der Waals surface area contributed by atoms with Gasteiger partial charge in [-0.05, 0) is 42.8 Å². The van der Waals surface area contributed by atoms with E-state index in [1.807, 2.05) is 0 Å². The lowest BCUT2D eigenvalue weighted by Gasteiger charge is -2.34. The van der Waals surface area contributed by atoms with Gasteiger partial charge in [-0.2, -0.15) is 5.10 Å². The molecule has 2 bridgehead atoms. The summed E-state index contributed by atoms with van der Waals surface area (Å²) in [6.45, 7) is 7.03. The highest BCUT2D eigenvalue weighted by atomic mass is 32.1. The van der Waals surface area contributed by atoms with Gasteiger partial charge >= 0.3 is 0 Å². The Labute approximate surface area is 96.5 Å². The molecule has 4 heteroatoms. The van der Waals surface area contributed by atoms with Crippen molar-refractivity contribution >= 4 is 23.0 Å². The molecule has 3 N–H and O–H groups in total. The molecular weight excluding hydrogens is 206 g/mol. The summed E-state index contributed by atoms with van der Waals surface area (Å²) < 4.78 is 0. The third-order valence-corrected chi connectivity index (χ3v) is 4.90. The fourth-order valence-corrected chi connectivity index (χ4v) is 3.27. The van der Waals surface area contributed by atoms with E-state index in [0.717, 1.165) is 12.3 Å². The van der Waals surface area contributed by atoms with Crippen molar-refractivity contribution in [1.82, 2.24) is 5.43 Å². The van der Waals surface area contributed by atoms with Crippen LogP contribution in [0.25, 0.3) is 0 Å². The summed E-state index contributed by atoms with van der Waals surface area (Å²) in [7, 11) is 0. The summed E-state index contributed by atoms with van der Waals surface area (Å²) in [5.74, 6) is 0.773. The van der Waals surface area contributed by atoms with Crippen LogP contribution in [0.5, 0.6) is 0 Å². The molecule has 2 rings (SSSR count). The minimum Gasteiger partial charge on any atom is -0.375 e. The average molecular weight is 225 g/mol. The summed E-state index contributed by atoms with van der Waals surface area (Å²) in [5.41, 5.74) is 9.97. The predicted octanol–water partition coefficient (Wildman–Crippen LogP) is 2.02. The normalized spacial score (nSPS) is 39.7.